The third-order valence-electron chi connectivity index (χ3n) is 4.53. The Morgan fingerprint density at radius 2 is 1.89 bits per heavy atom. The van der Waals surface area contributed by atoms with Gasteiger partial charge in [-0.05, 0) is 31.0 Å². The van der Waals surface area contributed by atoms with E-state index in [1.54, 1.807) is 0 Å². The van der Waals surface area contributed by atoms with E-state index in [4.69, 9.17) is 0 Å². The second-order valence-electron chi connectivity index (χ2n) is 6.34. The lowest BCUT2D eigenvalue weighted by molar-refractivity contribution is -0.137. The molecule has 0 spiro atoms. The van der Waals surface area contributed by atoms with E-state index in [2.05, 4.69) is 10.2 Å². The minimum Gasteiger partial charge on any atom is -0.339 e. The summed E-state index contributed by atoms with van der Waals surface area (Å²) in [6.07, 6.45) is -2.88. The topological polar surface area (TPSA) is 85.2 Å². The Kier molecular flexibility index (Phi) is 4.98. The molecule has 0 atom stereocenters. The Morgan fingerprint density at radius 1 is 1.22 bits per heavy atom. The molecule has 0 aliphatic carbocycles. The zero-order valence-electron chi connectivity index (χ0n) is 14.3. The maximum Gasteiger partial charge on any atom is 0.416 e. The number of carbonyl (C=O) groups excluding carboxylic acids is 1. The van der Waals surface area contributed by atoms with Crippen molar-refractivity contribution in [1.29, 1.82) is 0 Å². The van der Waals surface area contributed by atoms with Crippen LogP contribution < -0.4 is 0 Å². The fourth-order valence-corrected chi connectivity index (χ4v) is 4.80. The SMILES string of the molecule is Cn1cnnc1S(=O)(=O)C1CCN(C(=O)c2cccc(C(F)(F)F)c2)CC1. The van der Waals surface area contributed by atoms with E-state index in [9.17, 15) is 26.4 Å². The average Bonchev–Trinajstić information content (AvgIpc) is 3.07. The third-order valence-corrected chi connectivity index (χ3v) is 6.76. The zero-order valence-corrected chi connectivity index (χ0v) is 15.2. The van der Waals surface area contributed by atoms with Gasteiger partial charge in [-0.2, -0.15) is 13.2 Å². The average molecular weight is 402 g/mol. The van der Waals surface area contributed by atoms with Crippen LogP contribution in [0.5, 0.6) is 0 Å². The number of sulfone groups is 1. The number of amides is 1. The first-order valence-electron chi connectivity index (χ1n) is 8.15. The molecular formula is C16H17F3N4O3S. The number of hydrogen-bond acceptors (Lipinski definition) is 5. The molecule has 2 heterocycles. The van der Waals surface area contributed by atoms with E-state index < -0.39 is 32.7 Å². The molecule has 1 aliphatic rings. The van der Waals surface area contributed by atoms with Crippen molar-refractivity contribution in [3.05, 3.63) is 41.7 Å². The molecule has 11 heteroatoms. The van der Waals surface area contributed by atoms with Crippen molar-refractivity contribution in [2.45, 2.75) is 29.4 Å². The molecule has 1 fully saturated rings. The van der Waals surface area contributed by atoms with E-state index in [0.717, 1.165) is 12.1 Å². The van der Waals surface area contributed by atoms with Crippen molar-refractivity contribution in [2.24, 2.45) is 7.05 Å². The van der Waals surface area contributed by atoms with Crippen molar-refractivity contribution >= 4 is 15.7 Å². The summed E-state index contributed by atoms with van der Waals surface area (Å²) in [5, 5.41) is 6.36. The fourth-order valence-electron chi connectivity index (χ4n) is 3.06. The van der Waals surface area contributed by atoms with E-state index in [-0.39, 0.29) is 36.7 Å². The molecule has 0 saturated carbocycles. The monoisotopic (exact) mass is 402 g/mol. The standard InChI is InChI=1S/C16H17F3N4O3S/c1-22-10-20-21-15(22)27(25,26)13-5-7-23(8-6-13)14(24)11-3-2-4-12(9-11)16(17,18)19/h2-4,9-10,13H,5-8H2,1H3. The molecule has 0 unspecified atom stereocenters. The summed E-state index contributed by atoms with van der Waals surface area (Å²) in [5.74, 6) is -0.546. The summed E-state index contributed by atoms with van der Waals surface area (Å²) in [6, 6.07) is 4.21. The van der Waals surface area contributed by atoms with Gasteiger partial charge >= 0.3 is 6.18 Å². The van der Waals surface area contributed by atoms with Crippen LogP contribution in [-0.2, 0) is 23.1 Å². The molecule has 0 bridgehead atoms. The molecule has 1 aromatic heterocycles. The molecule has 1 aliphatic heterocycles. The van der Waals surface area contributed by atoms with Crippen molar-refractivity contribution in [1.82, 2.24) is 19.7 Å². The highest BCUT2D eigenvalue weighted by Crippen LogP contribution is 2.30. The van der Waals surface area contributed by atoms with Gasteiger partial charge in [0.1, 0.15) is 6.33 Å². The molecule has 0 N–H and O–H groups in total. The quantitative estimate of drug-likeness (QED) is 0.783. The number of nitrogens with zero attached hydrogens (tertiary/aromatic N) is 4. The Hall–Kier alpha value is -2.43. The van der Waals surface area contributed by atoms with Gasteiger partial charge in [0.05, 0.1) is 10.8 Å². The van der Waals surface area contributed by atoms with Crippen LogP contribution in [0, 0.1) is 0 Å². The van der Waals surface area contributed by atoms with Crippen LogP contribution in [0.25, 0.3) is 0 Å². The smallest absolute Gasteiger partial charge is 0.339 e. The Morgan fingerprint density at radius 3 is 2.44 bits per heavy atom. The Labute approximate surface area is 153 Å². The molecule has 1 saturated heterocycles. The predicted molar refractivity (Wildman–Crippen MR) is 88.6 cm³/mol. The molecule has 146 valence electrons. The van der Waals surface area contributed by atoms with E-state index >= 15 is 0 Å². The van der Waals surface area contributed by atoms with Crippen molar-refractivity contribution in [2.75, 3.05) is 13.1 Å². The largest absolute Gasteiger partial charge is 0.416 e. The molecule has 2 aromatic rings. The predicted octanol–water partition coefficient (Wildman–Crippen LogP) is 1.91. The minimum atomic E-state index is -4.53. The maximum atomic E-state index is 12.8. The van der Waals surface area contributed by atoms with Crippen molar-refractivity contribution in [3.8, 4) is 0 Å². The van der Waals surface area contributed by atoms with Crippen LogP contribution in [0.3, 0.4) is 0 Å². The van der Waals surface area contributed by atoms with Gasteiger partial charge in [-0.25, -0.2) is 8.42 Å². The van der Waals surface area contributed by atoms with Gasteiger partial charge in [-0.15, -0.1) is 10.2 Å². The number of benzene rings is 1. The first-order valence-corrected chi connectivity index (χ1v) is 9.70. The molecular weight excluding hydrogens is 385 g/mol. The zero-order chi connectivity index (χ0) is 19.8. The number of piperidine rings is 1. The number of carbonyl (C=O) groups is 1. The third kappa shape index (κ3) is 3.82. The minimum absolute atomic E-state index is 0.0700. The first kappa shape index (κ1) is 19.3. The summed E-state index contributed by atoms with van der Waals surface area (Å²) in [6.45, 7) is 0.271. The maximum absolute atomic E-state index is 12.8. The second kappa shape index (κ2) is 6.95. The normalized spacial score (nSPS) is 16.5. The number of hydrogen-bond donors (Lipinski definition) is 0. The van der Waals surface area contributed by atoms with Crippen LogP contribution in [0.2, 0.25) is 0 Å². The number of alkyl halides is 3. The van der Waals surface area contributed by atoms with E-state index in [1.165, 1.54) is 35.0 Å². The summed E-state index contributed by atoms with van der Waals surface area (Å²) in [7, 11) is -2.16. The van der Waals surface area contributed by atoms with E-state index in [1.807, 2.05) is 0 Å². The lowest BCUT2D eigenvalue weighted by Gasteiger charge is -2.31. The summed E-state index contributed by atoms with van der Waals surface area (Å²) < 4.78 is 65.0. The lowest BCUT2D eigenvalue weighted by atomic mass is 10.1. The van der Waals surface area contributed by atoms with Crippen molar-refractivity contribution in [3.63, 3.8) is 0 Å². The van der Waals surface area contributed by atoms with Gasteiger partial charge < -0.3 is 9.47 Å². The number of aryl methyl sites for hydroxylation is 1. The highest BCUT2D eigenvalue weighted by Gasteiger charge is 2.36. The fraction of sp³-hybridized carbons (Fsp3) is 0.438. The van der Waals surface area contributed by atoms with E-state index in [0.29, 0.717) is 0 Å². The van der Waals surface area contributed by atoms with Crippen LogP contribution >= 0.6 is 0 Å². The molecule has 27 heavy (non-hydrogen) atoms. The molecule has 1 amide bonds. The number of aromatic nitrogens is 3. The number of rotatable bonds is 3. The van der Waals surface area contributed by atoms with Crippen LogP contribution in [0.15, 0.2) is 35.7 Å². The summed E-state index contributed by atoms with van der Waals surface area (Å²) in [4.78, 5) is 13.9. The van der Waals surface area contributed by atoms with Gasteiger partial charge in [0.25, 0.3) is 5.91 Å². The van der Waals surface area contributed by atoms with Gasteiger partial charge in [0.2, 0.25) is 15.0 Å². The summed E-state index contributed by atoms with van der Waals surface area (Å²) in [5.41, 5.74) is -0.965. The molecule has 3 rings (SSSR count). The molecule has 1 aromatic carbocycles. The van der Waals surface area contributed by atoms with Gasteiger partial charge in [0, 0.05) is 25.7 Å². The first-order chi connectivity index (χ1) is 12.6. The Bertz CT molecular complexity index is 948. The second-order valence-corrected chi connectivity index (χ2v) is 8.46. The highest BCUT2D eigenvalue weighted by molar-refractivity contribution is 7.91. The molecule has 7 nitrogen and oxygen atoms in total. The van der Waals surface area contributed by atoms with Gasteiger partial charge in [0.15, 0.2) is 0 Å². The Balaban J connectivity index is 1.71. The number of halogens is 3. The van der Waals surface area contributed by atoms with Crippen LogP contribution in [-0.4, -0.2) is 52.3 Å². The molecule has 0 radical (unpaired) electrons. The van der Waals surface area contributed by atoms with Gasteiger partial charge in [-0.1, -0.05) is 6.07 Å². The number of likely N-dealkylation sites (tertiary alicyclic amines) is 1. The van der Waals surface area contributed by atoms with Gasteiger partial charge in [-0.3, -0.25) is 4.79 Å². The summed E-state index contributed by atoms with van der Waals surface area (Å²) >= 11 is 0. The van der Waals surface area contributed by atoms with Crippen molar-refractivity contribution < 1.29 is 26.4 Å². The highest BCUT2D eigenvalue weighted by atomic mass is 32.2. The van der Waals surface area contributed by atoms with Crippen LogP contribution in [0.4, 0.5) is 13.2 Å². The van der Waals surface area contributed by atoms with Crippen LogP contribution in [0.1, 0.15) is 28.8 Å². The lowest BCUT2D eigenvalue weighted by Crippen LogP contribution is -2.43.